The predicted molar refractivity (Wildman–Crippen MR) is 49.3 cm³/mol. The number of hydrogen-bond acceptors (Lipinski definition) is 2. The number of hydrogen-bond donors (Lipinski definition) is 0. The van der Waals surface area contributed by atoms with Gasteiger partial charge in [-0.1, -0.05) is 11.6 Å². The maximum Gasteiger partial charge on any atom is 0.152 e. The van der Waals surface area contributed by atoms with Crippen LogP contribution in [-0.2, 0) is 0 Å². The van der Waals surface area contributed by atoms with Crippen LogP contribution in [0.3, 0.4) is 0 Å². The minimum atomic E-state index is 0.398. The molecule has 1 aromatic carbocycles. The summed E-state index contributed by atoms with van der Waals surface area (Å²) in [5, 5.41) is 8.68. The van der Waals surface area contributed by atoms with Crippen molar-refractivity contribution in [2.75, 3.05) is 0 Å². The molecule has 0 aromatic heterocycles. The minimum absolute atomic E-state index is 0.398. The van der Waals surface area contributed by atoms with Gasteiger partial charge in [0.1, 0.15) is 0 Å². The van der Waals surface area contributed by atoms with E-state index in [2.05, 4.69) is 11.8 Å². The molecule has 0 aliphatic heterocycles. The van der Waals surface area contributed by atoms with Gasteiger partial charge in [-0.15, -0.1) is 0 Å². The maximum atomic E-state index is 10.5. The van der Waals surface area contributed by atoms with Crippen molar-refractivity contribution < 1.29 is 4.79 Å². The van der Waals surface area contributed by atoms with Crippen LogP contribution in [0.15, 0.2) is 18.2 Å². The highest BCUT2D eigenvalue weighted by Gasteiger charge is 1.98. The molecule has 0 saturated carbocycles. The summed E-state index contributed by atoms with van der Waals surface area (Å²) in [4.78, 5) is 10.5. The maximum absolute atomic E-state index is 10.5. The summed E-state index contributed by atoms with van der Waals surface area (Å²) in [7, 11) is 0. The second-order valence-electron chi connectivity index (χ2n) is 2.21. The number of carbonyl (C=O) groups is 1. The fourth-order valence-electron chi connectivity index (χ4n) is 0.840. The van der Waals surface area contributed by atoms with Crippen LogP contribution in [0.1, 0.15) is 15.9 Å². The zero-order valence-corrected chi connectivity index (χ0v) is 7.30. The monoisotopic (exact) mass is 189 g/mol. The molecule has 0 bridgehead atoms. The van der Waals surface area contributed by atoms with Crippen LogP contribution in [0, 0.1) is 23.2 Å². The molecule has 0 aliphatic carbocycles. The van der Waals surface area contributed by atoms with E-state index >= 15 is 0 Å². The van der Waals surface area contributed by atoms with E-state index in [1.54, 1.807) is 18.2 Å². The molecule has 0 heterocycles. The first-order chi connectivity index (χ1) is 6.27. The zero-order chi connectivity index (χ0) is 9.68. The van der Waals surface area contributed by atoms with E-state index in [0.29, 0.717) is 22.4 Å². The van der Waals surface area contributed by atoms with Gasteiger partial charge in [0, 0.05) is 22.1 Å². The lowest BCUT2D eigenvalue weighted by molar-refractivity contribution is 0.112. The van der Waals surface area contributed by atoms with Crippen molar-refractivity contribution in [3.8, 4) is 17.9 Å². The Morgan fingerprint density at radius 1 is 1.46 bits per heavy atom. The smallest absolute Gasteiger partial charge is 0.152 e. The van der Waals surface area contributed by atoms with Gasteiger partial charge < -0.3 is 0 Å². The Labute approximate surface area is 80.7 Å². The van der Waals surface area contributed by atoms with E-state index in [0.717, 1.165) is 0 Å². The minimum Gasteiger partial charge on any atom is -0.298 e. The van der Waals surface area contributed by atoms with Gasteiger partial charge in [0.2, 0.25) is 0 Å². The number of halogens is 1. The number of rotatable bonds is 1. The molecule has 2 nitrogen and oxygen atoms in total. The largest absolute Gasteiger partial charge is 0.298 e. The van der Waals surface area contributed by atoms with Gasteiger partial charge in [0.25, 0.3) is 0 Å². The quantitative estimate of drug-likeness (QED) is 0.501. The second-order valence-corrected chi connectivity index (χ2v) is 2.65. The highest BCUT2D eigenvalue weighted by Crippen LogP contribution is 2.13. The van der Waals surface area contributed by atoms with E-state index in [1.807, 2.05) is 0 Å². The zero-order valence-electron chi connectivity index (χ0n) is 6.54. The molecular weight excluding hydrogens is 186 g/mol. The highest BCUT2D eigenvalue weighted by atomic mass is 35.5. The average molecular weight is 190 g/mol. The molecule has 1 rings (SSSR count). The van der Waals surface area contributed by atoms with Crippen LogP contribution in [-0.4, -0.2) is 6.29 Å². The Morgan fingerprint density at radius 2 is 2.23 bits per heavy atom. The van der Waals surface area contributed by atoms with Crippen molar-refractivity contribution in [2.24, 2.45) is 0 Å². The molecule has 0 aliphatic rings. The lowest BCUT2D eigenvalue weighted by Crippen LogP contribution is -1.86. The first kappa shape index (κ1) is 9.32. The molecule has 1 aromatic rings. The Balaban J connectivity index is 3.23. The molecule has 0 saturated heterocycles. The molecule has 0 amide bonds. The van der Waals surface area contributed by atoms with Gasteiger partial charge in [0.05, 0.1) is 0 Å². The van der Waals surface area contributed by atoms with Gasteiger partial charge in [-0.3, -0.25) is 4.79 Å². The number of carbonyl (C=O) groups excluding carboxylic acids is 1. The lowest BCUT2D eigenvalue weighted by Gasteiger charge is -1.95. The molecule has 0 radical (unpaired) electrons. The predicted octanol–water partition coefficient (Wildman–Crippen LogP) is 2.03. The lowest BCUT2D eigenvalue weighted by atomic mass is 10.1. The summed E-state index contributed by atoms with van der Waals surface area (Å²) in [5.74, 6) is 4.75. The first-order valence-electron chi connectivity index (χ1n) is 3.43. The van der Waals surface area contributed by atoms with Crippen molar-refractivity contribution in [1.82, 2.24) is 0 Å². The standard InChI is InChI=1S/C10H4ClNO/c11-10-4-3-8(2-1-5-12)9(6-10)7-13/h3-4,6-7H. The fourth-order valence-corrected chi connectivity index (χ4v) is 1.02. The topological polar surface area (TPSA) is 40.9 Å². The van der Waals surface area contributed by atoms with Crippen LogP contribution < -0.4 is 0 Å². The van der Waals surface area contributed by atoms with Crippen molar-refractivity contribution >= 4 is 17.9 Å². The summed E-state index contributed by atoms with van der Waals surface area (Å²) in [6.07, 6.45) is 0.660. The molecule has 0 spiro atoms. The van der Waals surface area contributed by atoms with Gasteiger partial charge in [-0.05, 0) is 24.1 Å². The van der Waals surface area contributed by atoms with Gasteiger partial charge in [-0.2, -0.15) is 5.26 Å². The SMILES string of the molecule is N#CC#Cc1ccc(Cl)cc1C=O. The van der Waals surface area contributed by atoms with Crippen LogP contribution >= 0.6 is 11.6 Å². The third-order valence-corrected chi connectivity index (χ3v) is 1.63. The van der Waals surface area contributed by atoms with E-state index < -0.39 is 0 Å². The number of nitriles is 1. The fraction of sp³-hybridized carbons (Fsp3) is 0. The molecule has 0 N–H and O–H groups in total. The van der Waals surface area contributed by atoms with Gasteiger partial charge >= 0.3 is 0 Å². The first-order valence-corrected chi connectivity index (χ1v) is 3.80. The highest BCUT2D eigenvalue weighted by molar-refractivity contribution is 6.30. The van der Waals surface area contributed by atoms with E-state index in [9.17, 15) is 4.79 Å². The second kappa shape index (κ2) is 4.30. The summed E-state index contributed by atoms with van der Waals surface area (Å²) in [5.41, 5.74) is 0.913. The number of nitrogens with zero attached hydrogens (tertiary/aromatic N) is 1. The Bertz CT molecular complexity index is 434. The summed E-state index contributed by atoms with van der Waals surface area (Å²) in [6.45, 7) is 0. The number of aldehydes is 1. The summed E-state index contributed by atoms with van der Waals surface area (Å²) < 4.78 is 0. The van der Waals surface area contributed by atoms with E-state index in [-0.39, 0.29) is 0 Å². The van der Waals surface area contributed by atoms with E-state index in [1.165, 1.54) is 6.07 Å². The summed E-state index contributed by atoms with van der Waals surface area (Å²) in [6, 6.07) is 6.41. The third-order valence-electron chi connectivity index (χ3n) is 1.39. The molecular formula is C10H4ClNO. The molecule has 62 valence electrons. The normalized spacial score (nSPS) is 8.00. The third kappa shape index (κ3) is 2.33. The van der Waals surface area contributed by atoms with Crippen LogP contribution in [0.5, 0.6) is 0 Å². The Kier molecular flexibility index (Phi) is 3.09. The van der Waals surface area contributed by atoms with Gasteiger partial charge in [-0.25, -0.2) is 0 Å². The Hall–Kier alpha value is -1.77. The average Bonchev–Trinajstić information content (AvgIpc) is 2.16. The van der Waals surface area contributed by atoms with Crippen molar-refractivity contribution in [3.05, 3.63) is 34.3 Å². The molecule has 0 atom stereocenters. The van der Waals surface area contributed by atoms with Crippen molar-refractivity contribution in [1.29, 1.82) is 5.26 Å². The Morgan fingerprint density at radius 3 is 2.85 bits per heavy atom. The molecule has 0 unspecified atom stereocenters. The van der Waals surface area contributed by atoms with Crippen LogP contribution in [0.2, 0.25) is 5.02 Å². The van der Waals surface area contributed by atoms with Crippen molar-refractivity contribution in [2.45, 2.75) is 0 Å². The molecule has 0 fully saturated rings. The van der Waals surface area contributed by atoms with Crippen LogP contribution in [0.4, 0.5) is 0 Å². The summed E-state index contributed by atoms with van der Waals surface area (Å²) >= 11 is 5.66. The van der Waals surface area contributed by atoms with E-state index in [4.69, 9.17) is 16.9 Å². The number of benzene rings is 1. The molecule has 13 heavy (non-hydrogen) atoms. The van der Waals surface area contributed by atoms with Crippen molar-refractivity contribution in [3.63, 3.8) is 0 Å². The van der Waals surface area contributed by atoms with Crippen LogP contribution in [0.25, 0.3) is 0 Å². The van der Waals surface area contributed by atoms with Gasteiger partial charge in [0.15, 0.2) is 12.4 Å². The molecule has 3 heteroatoms.